The second kappa shape index (κ2) is 9.41. The van der Waals surface area contributed by atoms with Gasteiger partial charge in [-0.25, -0.2) is 0 Å². The zero-order valence-electron chi connectivity index (χ0n) is 17.2. The van der Waals surface area contributed by atoms with Crippen LogP contribution in [-0.2, 0) is 20.7 Å². The van der Waals surface area contributed by atoms with E-state index < -0.39 is 0 Å². The minimum atomic E-state index is -0.0147. The highest BCUT2D eigenvalue weighted by atomic mass is 16.5. The number of amides is 2. The summed E-state index contributed by atoms with van der Waals surface area (Å²) in [6.07, 6.45) is 2.58. The molecule has 2 aliphatic heterocycles. The second-order valence-corrected chi connectivity index (χ2v) is 7.94. The third kappa shape index (κ3) is 5.25. The average Bonchev–Trinajstić information content (AvgIpc) is 2.71. The number of ether oxygens (including phenoxy) is 2. The molecule has 154 valence electrons. The number of hydrogen-bond donors (Lipinski definition) is 0. The van der Waals surface area contributed by atoms with Crippen LogP contribution in [0.4, 0.5) is 0 Å². The first-order chi connectivity index (χ1) is 13.5. The summed E-state index contributed by atoms with van der Waals surface area (Å²) in [4.78, 5) is 29.0. The van der Waals surface area contributed by atoms with Crippen molar-refractivity contribution in [1.29, 1.82) is 0 Å². The van der Waals surface area contributed by atoms with Gasteiger partial charge < -0.3 is 19.3 Å². The first kappa shape index (κ1) is 20.6. The van der Waals surface area contributed by atoms with Crippen LogP contribution in [0.25, 0.3) is 0 Å². The highest BCUT2D eigenvalue weighted by Gasteiger charge is 2.33. The summed E-state index contributed by atoms with van der Waals surface area (Å²) in [6, 6.07) is 7.84. The largest absolute Gasteiger partial charge is 0.484 e. The van der Waals surface area contributed by atoms with Gasteiger partial charge in [0.05, 0.1) is 12.2 Å². The van der Waals surface area contributed by atoms with E-state index in [9.17, 15) is 9.59 Å². The maximum absolute atomic E-state index is 12.8. The summed E-state index contributed by atoms with van der Waals surface area (Å²) < 4.78 is 11.4. The molecule has 2 aliphatic rings. The Kier molecular flexibility index (Phi) is 6.94. The quantitative estimate of drug-likeness (QED) is 0.778. The van der Waals surface area contributed by atoms with Crippen molar-refractivity contribution in [2.75, 3.05) is 32.8 Å². The molecule has 2 unspecified atom stereocenters. The van der Waals surface area contributed by atoms with Gasteiger partial charge in [-0.3, -0.25) is 9.59 Å². The van der Waals surface area contributed by atoms with E-state index in [1.54, 1.807) is 0 Å². The summed E-state index contributed by atoms with van der Waals surface area (Å²) in [5.41, 5.74) is 1.24. The predicted molar refractivity (Wildman–Crippen MR) is 107 cm³/mol. The molecule has 0 N–H and O–H groups in total. The van der Waals surface area contributed by atoms with Crippen LogP contribution in [0.5, 0.6) is 5.75 Å². The molecule has 28 heavy (non-hydrogen) atoms. The van der Waals surface area contributed by atoms with Crippen LogP contribution < -0.4 is 4.74 Å². The number of piperidine rings is 1. The van der Waals surface area contributed by atoms with E-state index in [1.807, 2.05) is 47.9 Å². The monoisotopic (exact) mass is 388 g/mol. The number of carbonyl (C=O) groups is 2. The van der Waals surface area contributed by atoms with Gasteiger partial charge in [0, 0.05) is 32.1 Å². The minimum Gasteiger partial charge on any atom is -0.484 e. The van der Waals surface area contributed by atoms with Crippen LogP contribution in [0, 0.1) is 5.92 Å². The maximum Gasteiger partial charge on any atom is 0.260 e. The van der Waals surface area contributed by atoms with Gasteiger partial charge >= 0.3 is 0 Å². The third-order valence-corrected chi connectivity index (χ3v) is 5.62. The Hall–Kier alpha value is -2.08. The van der Waals surface area contributed by atoms with E-state index >= 15 is 0 Å². The number of likely N-dealkylation sites (tertiary alicyclic amines) is 1. The minimum absolute atomic E-state index is 0.00376. The summed E-state index contributed by atoms with van der Waals surface area (Å²) in [6.45, 7) is 8.71. The molecule has 6 heteroatoms. The van der Waals surface area contributed by atoms with Crippen LogP contribution in [0.3, 0.4) is 0 Å². The Balaban J connectivity index is 1.43. The fraction of sp³-hybridized carbons (Fsp3) is 0.636. The first-order valence-electron chi connectivity index (χ1n) is 10.4. The maximum atomic E-state index is 12.8. The SMILES string of the molecule is CCc1ccc(OCC(=O)N2CCC(C(=O)N3CC(C)OC(C)C3)CC2)cc1. The first-order valence-corrected chi connectivity index (χ1v) is 10.4. The summed E-state index contributed by atoms with van der Waals surface area (Å²) >= 11 is 0. The van der Waals surface area contributed by atoms with Gasteiger partial charge in [0.2, 0.25) is 5.91 Å². The molecule has 2 saturated heterocycles. The normalized spacial score (nSPS) is 23.5. The molecule has 1 aromatic rings. The van der Waals surface area contributed by atoms with Crippen molar-refractivity contribution in [2.45, 2.75) is 52.2 Å². The molecule has 6 nitrogen and oxygen atoms in total. The van der Waals surface area contributed by atoms with Crippen molar-refractivity contribution in [3.05, 3.63) is 29.8 Å². The molecule has 0 radical (unpaired) electrons. The highest BCUT2D eigenvalue weighted by molar-refractivity contribution is 5.81. The molecule has 2 amide bonds. The Morgan fingerprint density at radius 1 is 1.04 bits per heavy atom. The van der Waals surface area contributed by atoms with E-state index in [0.29, 0.717) is 31.9 Å². The van der Waals surface area contributed by atoms with Gasteiger partial charge in [0.25, 0.3) is 5.91 Å². The van der Waals surface area contributed by atoms with Crippen LogP contribution in [0.2, 0.25) is 0 Å². The van der Waals surface area contributed by atoms with Crippen molar-refractivity contribution in [2.24, 2.45) is 5.92 Å². The zero-order valence-corrected chi connectivity index (χ0v) is 17.2. The summed E-state index contributed by atoms with van der Waals surface area (Å²) in [7, 11) is 0. The number of hydrogen-bond acceptors (Lipinski definition) is 4. The smallest absolute Gasteiger partial charge is 0.260 e. The van der Waals surface area contributed by atoms with Gasteiger partial charge in [-0.05, 0) is 50.8 Å². The number of morpholine rings is 1. The Morgan fingerprint density at radius 3 is 2.21 bits per heavy atom. The van der Waals surface area contributed by atoms with E-state index in [4.69, 9.17) is 9.47 Å². The summed E-state index contributed by atoms with van der Waals surface area (Å²) in [5.74, 6) is 0.913. The zero-order chi connectivity index (χ0) is 20.1. The number of nitrogens with zero attached hydrogens (tertiary/aromatic N) is 2. The average molecular weight is 389 g/mol. The standard InChI is InChI=1S/C22H32N2O4/c1-4-18-5-7-20(8-6-18)27-15-21(25)23-11-9-19(10-12-23)22(26)24-13-16(2)28-17(3)14-24/h5-8,16-17,19H,4,9-15H2,1-3H3. The lowest BCUT2D eigenvalue weighted by Crippen LogP contribution is -2.52. The molecule has 1 aromatic carbocycles. The van der Waals surface area contributed by atoms with Gasteiger partial charge in [-0.15, -0.1) is 0 Å². The predicted octanol–water partition coefficient (Wildman–Crippen LogP) is 2.50. The molecule has 0 bridgehead atoms. The summed E-state index contributed by atoms with van der Waals surface area (Å²) in [5, 5.41) is 0. The number of benzene rings is 1. The van der Waals surface area contributed by atoms with Crippen molar-refractivity contribution in [3.63, 3.8) is 0 Å². The van der Waals surface area contributed by atoms with Crippen molar-refractivity contribution in [3.8, 4) is 5.75 Å². The molecule has 2 heterocycles. The Morgan fingerprint density at radius 2 is 1.64 bits per heavy atom. The lowest BCUT2D eigenvalue weighted by Gasteiger charge is -2.39. The number of rotatable bonds is 5. The number of aryl methyl sites for hydroxylation is 1. The van der Waals surface area contributed by atoms with Crippen molar-refractivity contribution < 1.29 is 19.1 Å². The van der Waals surface area contributed by atoms with Crippen molar-refractivity contribution >= 4 is 11.8 Å². The van der Waals surface area contributed by atoms with Gasteiger partial charge in [0.1, 0.15) is 5.75 Å². The third-order valence-electron chi connectivity index (χ3n) is 5.62. The van der Waals surface area contributed by atoms with E-state index in [2.05, 4.69) is 6.92 Å². The molecular formula is C22H32N2O4. The van der Waals surface area contributed by atoms with Gasteiger partial charge in [-0.1, -0.05) is 19.1 Å². The fourth-order valence-electron chi connectivity index (χ4n) is 4.05. The van der Waals surface area contributed by atoms with Gasteiger partial charge in [0.15, 0.2) is 6.61 Å². The van der Waals surface area contributed by atoms with Crippen LogP contribution in [0.1, 0.15) is 39.2 Å². The fourth-order valence-corrected chi connectivity index (χ4v) is 4.05. The molecular weight excluding hydrogens is 356 g/mol. The molecule has 0 aliphatic carbocycles. The molecule has 2 fully saturated rings. The second-order valence-electron chi connectivity index (χ2n) is 7.94. The van der Waals surface area contributed by atoms with E-state index in [0.717, 1.165) is 19.3 Å². The lowest BCUT2D eigenvalue weighted by atomic mass is 9.94. The van der Waals surface area contributed by atoms with Gasteiger partial charge in [-0.2, -0.15) is 0 Å². The van der Waals surface area contributed by atoms with Crippen LogP contribution in [-0.4, -0.2) is 66.6 Å². The Bertz CT molecular complexity index is 658. The molecule has 3 rings (SSSR count). The molecule has 2 atom stereocenters. The Labute approximate surface area is 167 Å². The van der Waals surface area contributed by atoms with Crippen molar-refractivity contribution in [1.82, 2.24) is 9.80 Å². The molecule has 0 aromatic heterocycles. The molecule has 0 spiro atoms. The van der Waals surface area contributed by atoms with E-state index in [-0.39, 0.29) is 36.5 Å². The molecule has 0 saturated carbocycles. The number of carbonyl (C=O) groups excluding carboxylic acids is 2. The topological polar surface area (TPSA) is 59.1 Å². The van der Waals surface area contributed by atoms with Crippen LogP contribution >= 0.6 is 0 Å². The highest BCUT2D eigenvalue weighted by Crippen LogP contribution is 2.22. The van der Waals surface area contributed by atoms with E-state index in [1.165, 1.54) is 5.56 Å². The van der Waals surface area contributed by atoms with Crippen LogP contribution in [0.15, 0.2) is 24.3 Å². The lowest BCUT2D eigenvalue weighted by molar-refractivity contribution is -0.150.